The lowest BCUT2D eigenvalue weighted by molar-refractivity contribution is -0.121. The van der Waals surface area contributed by atoms with Crippen LogP contribution in [-0.2, 0) is 9.59 Å². The van der Waals surface area contributed by atoms with Crippen LogP contribution in [0.25, 0.3) is 0 Å². The van der Waals surface area contributed by atoms with Crippen molar-refractivity contribution in [2.45, 2.75) is 38.5 Å². The molecule has 2 amide bonds. The van der Waals surface area contributed by atoms with Gasteiger partial charge in [-0.15, -0.1) is 0 Å². The fraction of sp³-hybridized carbons (Fsp3) is 0.800. The van der Waals surface area contributed by atoms with Crippen molar-refractivity contribution in [3.05, 3.63) is 0 Å². The van der Waals surface area contributed by atoms with E-state index in [0.717, 1.165) is 25.7 Å². The summed E-state index contributed by atoms with van der Waals surface area (Å²) in [4.78, 5) is 21.6. The van der Waals surface area contributed by atoms with E-state index in [9.17, 15) is 9.59 Å². The summed E-state index contributed by atoms with van der Waals surface area (Å²) in [6.45, 7) is 1.25. The van der Waals surface area contributed by atoms with Crippen molar-refractivity contribution in [3.63, 3.8) is 0 Å². The summed E-state index contributed by atoms with van der Waals surface area (Å²) in [5, 5.41) is 2.78. The molecule has 0 aliphatic rings. The Balaban J connectivity index is 3.20. The third-order valence-corrected chi connectivity index (χ3v) is 2.03. The van der Waals surface area contributed by atoms with E-state index < -0.39 is 0 Å². The summed E-state index contributed by atoms with van der Waals surface area (Å²) in [6, 6.07) is 0. The molecule has 0 aliphatic carbocycles. The first kappa shape index (κ1) is 13.9. The first-order chi connectivity index (χ1) is 7.16. The van der Waals surface area contributed by atoms with Gasteiger partial charge in [-0.25, -0.2) is 0 Å². The Bertz CT molecular complexity index is 195. The van der Waals surface area contributed by atoms with Crippen LogP contribution in [0.5, 0.6) is 0 Å². The van der Waals surface area contributed by atoms with Crippen molar-refractivity contribution in [1.82, 2.24) is 5.32 Å². The number of hydrogen-bond donors (Lipinski definition) is 3. The average Bonchev–Trinajstić information content (AvgIpc) is 2.17. The summed E-state index contributed by atoms with van der Waals surface area (Å²) in [5.41, 5.74) is 10.3. The lowest BCUT2D eigenvalue weighted by Gasteiger charge is -2.03. The molecule has 0 spiro atoms. The Kier molecular flexibility index (Phi) is 8.76. The van der Waals surface area contributed by atoms with E-state index in [2.05, 4.69) is 5.32 Å². The first-order valence-corrected chi connectivity index (χ1v) is 5.42. The number of unbranched alkanes of at least 4 members (excludes halogenated alkanes) is 2. The van der Waals surface area contributed by atoms with E-state index in [1.807, 2.05) is 0 Å². The van der Waals surface area contributed by atoms with Crippen molar-refractivity contribution in [2.75, 3.05) is 13.1 Å². The molecule has 0 fully saturated rings. The van der Waals surface area contributed by atoms with Gasteiger partial charge in [0.15, 0.2) is 0 Å². The van der Waals surface area contributed by atoms with Crippen LogP contribution in [0.1, 0.15) is 38.5 Å². The molecule has 0 aromatic rings. The Morgan fingerprint density at radius 3 is 2.27 bits per heavy atom. The standard InChI is InChI=1S/C10H21N3O2/c11-7-3-1-6-10(15)13-8-4-2-5-9(12)14/h1-8,11H2,(H2,12,14)(H,13,15). The zero-order valence-electron chi connectivity index (χ0n) is 9.13. The van der Waals surface area contributed by atoms with Crippen LogP contribution in [0.4, 0.5) is 0 Å². The van der Waals surface area contributed by atoms with Gasteiger partial charge in [-0.2, -0.15) is 0 Å². The molecule has 0 unspecified atom stereocenters. The van der Waals surface area contributed by atoms with Gasteiger partial charge in [0.05, 0.1) is 0 Å². The number of carbonyl (C=O) groups is 2. The van der Waals surface area contributed by atoms with Crippen LogP contribution < -0.4 is 16.8 Å². The molecule has 88 valence electrons. The number of primary amides is 1. The fourth-order valence-electron chi connectivity index (χ4n) is 1.17. The van der Waals surface area contributed by atoms with Crippen LogP contribution in [0.2, 0.25) is 0 Å². The quantitative estimate of drug-likeness (QED) is 0.468. The molecule has 0 heterocycles. The molecule has 0 saturated heterocycles. The number of amides is 2. The molecule has 0 radical (unpaired) electrons. The summed E-state index contributed by atoms with van der Waals surface area (Å²) >= 11 is 0. The van der Waals surface area contributed by atoms with Gasteiger partial charge >= 0.3 is 0 Å². The van der Waals surface area contributed by atoms with Gasteiger partial charge in [0.2, 0.25) is 11.8 Å². The molecule has 0 aromatic heterocycles. The molecule has 0 bridgehead atoms. The lowest BCUT2D eigenvalue weighted by Crippen LogP contribution is -2.24. The maximum Gasteiger partial charge on any atom is 0.219 e. The van der Waals surface area contributed by atoms with Crippen LogP contribution in [0, 0.1) is 0 Å². The monoisotopic (exact) mass is 215 g/mol. The summed E-state index contributed by atoms with van der Waals surface area (Å²) in [7, 11) is 0. The van der Waals surface area contributed by atoms with Crippen LogP contribution in [-0.4, -0.2) is 24.9 Å². The Morgan fingerprint density at radius 2 is 1.67 bits per heavy atom. The molecule has 0 aromatic carbocycles. The largest absolute Gasteiger partial charge is 0.370 e. The van der Waals surface area contributed by atoms with Crippen LogP contribution in [0.15, 0.2) is 0 Å². The highest BCUT2D eigenvalue weighted by Crippen LogP contribution is 1.95. The highest BCUT2D eigenvalue weighted by molar-refractivity contribution is 5.75. The second-order valence-electron chi connectivity index (χ2n) is 3.52. The number of rotatable bonds is 9. The molecular formula is C10H21N3O2. The van der Waals surface area contributed by atoms with Crippen LogP contribution >= 0.6 is 0 Å². The number of nitrogens with one attached hydrogen (secondary N) is 1. The van der Waals surface area contributed by atoms with E-state index in [0.29, 0.717) is 25.9 Å². The molecule has 0 aliphatic heterocycles. The van der Waals surface area contributed by atoms with E-state index >= 15 is 0 Å². The van der Waals surface area contributed by atoms with Crippen molar-refractivity contribution in [2.24, 2.45) is 11.5 Å². The fourth-order valence-corrected chi connectivity index (χ4v) is 1.17. The highest BCUT2D eigenvalue weighted by Gasteiger charge is 2.00. The van der Waals surface area contributed by atoms with Crippen LogP contribution in [0.3, 0.4) is 0 Å². The summed E-state index contributed by atoms with van der Waals surface area (Å²) in [6.07, 6.45) is 4.18. The number of carbonyl (C=O) groups excluding carboxylic acids is 2. The molecule has 5 nitrogen and oxygen atoms in total. The van der Waals surface area contributed by atoms with Gasteiger partial charge in [0.25, 0.3) is 0 Å². The molecule has 0 rings (SSSR count). The zero-order chi connectivity index (χ0) is 11.5. The SMILES string of the molecule is NCCCCC(=O)NCCCCC(N)=O. The van der Waals surface area contributed by atoms with Gasteiger partial charge in [-0.1, -0.05) is 0 Å². The average molecular weight is 215 g/mol. The minimum Gasteiger partial charge on any atom is -0.370 e. The van der Waals surface area contributed by atoms with Gasteiger partial charge in [-0.05, 0) is 32.2 Å². The van der Waals surface area contributed by atoms with Crippen molar-refractivity contribution < 1.29 is 9.59 Å². The third kappa shape index (κ3) is 10.8. The van der Waals surface area contributed by atoms with E-state index in [1.54, 1.807) is 0 Å². The maximum absolute atomic E-state index is 11.2. The zero-order valence-corrected chi connectivity index (χ0v) is 9.13. The van der Waals surface area contributed by atoms with E-state index in [1.165, 1.54) is 0 Å². The normalized spacial score (nSPS) is 9.93. The molecule has 5 N–H and O–H groups in total. The molecule has 0 atom stereocenters. The Labute approximate surface area is 90.6 Å². The number of nitrogens with two attached hydrogens (primary N) is 2. The first-order valence-electron chi connectivity index (χ1n) is 5.42. The Morgan fingerprint density at radius 1 is 1.00 bits per heavy atom. The molecule has 5 heteroatoms. The number of hydrogen-bond acceptors (Lipinski definition) is 3. The topological polar surface area (TPSA) is 98.2 Å². The minimum absolute atomic E-state index is 0.0579. The van der Waals surface area contributed by atoms with E-state index in [-0.39, 0.29) is 11.8 Å². The highest BCUT2D eigenvalue weighted by atomic mass is 16.1. The smallest absolute Gasteiger partial charge is 0.219 e. The molecule has 0 saturated carbocycles. The van der Waals surface area contributed by atoms with Gasteiger partial charge in [0.1, 0.15) is 0 Å². The lowest BCUT2D eigenvalue weighted by atomic mass is 10.2. The second-order valence-corrected chi connectivity index (χ2v) is 3.52. The van der Waals surface area contributed by atoms with Crippen molar-refractivity contribution in [1.29, 1.82) is 0 Å². The molecular weight excluding hydrogens is 194 g/mol. The summed E-state index contributed by atoms with van der Waals surface area (Å²) < 4.78 is 0. The van der Waals surface area contributed by atoms with Crippen molar-refractivity contribution in [3.8, 4) is 0 Å². The second kappa shape index (κ2) is 9.45. The predicted octanol–water partition coefficient (Wildman–Crippen LogP) is -0.113. The Hall–Kier alpha value is -1.10. The third-order valence-electron chi connectivity index (χ3n) is 2.03. The minimum atomic E-state index is -0.288. The molecule has 15 heavy (non-hydrogen) atoms. The maximum atomic E-state index is 11.2. The van der Waals surface area contributed by atoms with E-state index in [4.69, 9.17) is 11.5 Å². The van der Waals surface area contributed by atoms with Gasteiger partial charge in [-0.3, -0.25) is 9.59 Å². The van der Waals surface area contributed by atoms with Gasteiger partial charge in [0, 0.05) is 19.4 Å². The summed E-state index contributed by atoms with van der Waals surface area (Å²) in [5.74, 6) is -0.230. The predicted molar refractivity (Wildman–Crippen MR) is 59.0 cm³/mol. The van der Waals surface area contributed by atoms with Gasteiger partial charge < -0.3 is 16.8 Å². The van der Waals surface area contributed by atoms with Crippen molar-refractivity contribution >= 4 is 11.8 Å².